The van der Waals surface area contributed by atoms with E-state index < -0.39 is 0 Å². The minimum Gasteiger partial charge on any atom is -0.508 e. The Morgan fingerprint density at radius 1 is 1.00 bits per heavy atom. The topological polar surface area (TPSA) is 32.3 Å². The molecule has 17 heavy (non-hydrogen) atoms. The number of phenolic OH excluding ortho intramolecular Hbond substituents is 1. The van der Waals surface area contributed by atoms with E-state index in [4.69, 9.17) is 0 Å². The van der Waals surface area contributed by atoms with Crippen LogP contribution in [0.5, 0.6) is 5.75 Å². The van der Waals surface area contributed by atoms with Gasteiger partial charge in [0, 0.05) is 12.2 Å². The van der Waals surface area contributed by atoms with Gasteiger partial charge in [0.1, 0.15) is 5.75 Å². The molecular weight excluding hydrogens is 210 g/mol. The van der Waals surface area contributed by atoms with Crippen LogP contribution in [0.15, 0.2) is 42.5 Å². The van der Waals surface area contributed by atoms with Crippen molar-refractivity contribution in [3.05, 3.63) is 59.2 Å². The standard InChI is InChI=1S/C15H17NO/c1-11-8-14(17)9-12(2)15(11)16-10-13-6-4-3-5-7-13/h3-9,16-17H,10H2,1-2H3. The molecule has 2 N–H and O–H groups in total. The maximum atomic E-state index is 9.48. The second kappa shape index (κ2) is 4.91. The summed E-state index contributed by atoms with van der Waals surface area (Å²) in [6.45, 7) is 4.80. The lowest BCUT2D eigenvalue weighted by atomic mass is 10.1. The lowest BCUT2D eigenvalue weighted by Crippen LogP contribution is -2.02. The van der Waals surface area contributed by atoms with Crippen LogP contribution in [0, 0.1) is 13.8 Å². The average molecular weight is 227 g/mol. The van der Waals surface area contributed by atoms with E-state index in [-0.39, 0.29) is 0 Å². The number of aryl methyl sites for hydroxylation is 2. The van der Waals surface area contributed by atoms with E-state index in [1.807, 2.05) is 32.0 Å². The quantitative estimate of drug-likeness (QED) is 0.785. The van der Waals surface area contributed by atoms with Gasteiger partial charge in [0.15, 0.2) is 0 Å². The van der Waals surface area contributed by atoms with Gasteiger partial charge >= 0.3 is 0 Å². The Balaban J connectivity index is 2.15. The normalized spacial score (nSPS) is 10.2. The predicted molar refractivity (Wildman–Crippen MR) is 71.3 cm³/mol. The Morgan fingerprint density at radius 2 is 1.59 bits per heavy atom. The van der Waals surface area contributed by atoms with E-state index in [2.05, 4.69) is 17.4 Å². The van der Waals surface area contributed by atoms with Crippen molar-refractivity contribution < 1.29 is 5.11 Å². The molecule has 0 fully saturated rings. The minimum atomic E-state index is 0.324. The van der Waals surface area contributed by atoms with Crippen molar-refractivity contribution in [2.75, 3.05) is 5.32 Å². The zero-order valence-electron chi connectivity index (χ0n) is 10.2. The van der Waals surface area contributed by atoms with Gasteiger partial charge < -0.3 is 10.4 Å². The van der Waals surface area contributed by atoms with Crippen LogP contribution < -0.4 is 5.32 Å². The molecule has 0 radical (unpaired) electrons. The third kappa shape index (κ3) is 2.78. The zero-order valence-corrected chi connectivity index (χ0v) is 10.2. The Bertz CT molecular complexity index is 483. The molecule has 0 aliphatic heterocycles. The molecule has 2 heteroatoms. The molecule has 0 atom stereocenters. The second-order valence-electron chi connectivity index (χ2n) is 4.29. The van der Waals surface area contributed by atoms with Crippen LogP contribution in [0.25, 0.3) is 0 Å². The van der Waals surface area contributed by atoms with Crippen LogP contribution in [-0.4, -0.2) is 5.11 Å². The van der Waals surface area contributed by atoms with Crippen LogP contribution >= 0.6 is 0 Å². The number of nitrogens with one attached hydrogen (secondary N) is 1. The smallest absolute Gasteiger partial charge is 0.116 e. The van der Waals surface area contributed by atoms with Gasteiger partial charge in [-0.3, -0.25) is 0 Å². The molecule has 88 valence electrons. The van der Waals surface area contributed by atoms with E-state index in [1.165, 1.54) is 5.56 Å². The van der Waals surface area contributed by atoms with Crippen molar-refractivity contribution >= 4 is 5.69 Å². The van der Waals surface area contributed by atoms with Crippen LogP contribution in [-0.2, 0) is 6.54 Å². The fraction of sp³-hybridized carbons (Fsp3) is 0.200. The molecule has 2 aromatic carbocycles. The SMILES string of the molecule is Cc1cc(O)cc(C)c1NCc1ccccc1. The van der Waals surface area contributed by atoms with Crippen molar-refractivity contribution in [1.29, 1.82) is 0 Å². The van der Waals surface area contributed by atoms with Gasteiger partial charge in [-0.15, -0.1) is 0 Å². The third-order valence-corrected chi connectivity index (χ3v) is 2.83. The second-order valence-corrected chi connectivity index (χ2v) is 4.29. The van der Waals surface area contributed by atoms with Crippen LogP contribution in [0.2, 0.25) is 0 Å². The van der Waals surface area contributed by atoms with Crippen LogP contribution in [0.1, 0.15) is 16.7 Å². The van der Waals surface area contributed by atoms with E-state index in [0.29, 0.717) is 5.75 Å². The molecule has 2 rings (SSSR count). The lowest BCUT2D eigenvalue weighted by Gasteiger charge is -2.13. The summed E-state index contributed by atoms with van der Waals surface area (Å²) in [7, 11) is 0. The van der Waals surface area contributed by atoms with Crippen molar-refractivity contribution in [3.63, 3.8) is 0 Å². The van der Waals surface area contributed by atoms with Gasteiger partial charge in [-0.05, 0) is 42.7 Å². The van der Waals surface area contributed by atoms with Crippen molar-refractivity contribution in [1.82, 2.24) is 0 Å². The number of hydrogen-bond acceptors (Lipinski definition) is 2. The van der Waals surface area contributed by atoms with Gasteiger partial charge in [-0.2, -0.15) is 0 Å². The first-order valence-electron chi connectivity index (χ1n) is 5.75. The number of phenols is 1. The highest BCUT2D eigenvalue weighted by molar-refractivity contribution is 5.59. The zero-order chi connectivity index (χ0) is 12.3. The Hall–Kier alpha value is -1.96. The first-order chi connectivity index (χ1) is 8.16. The van der Waals surface area contributed by atoms with Crippen molar-refractivity contribution in [2.45, 2.75) is 20.4 Å². The first-order valence-corrected chi connectivity index (χ1v) is 5.75. The summed E-state index contributed by atoms with van der Waals surface area (Å²) in [5.74, 6) is 0.324. The van der Waals surface area contributed by atoms with Gasteiger partial charge in [0.05, 0.1) is 0 Å². The van der Waals surface area contributed by atoms with E-state index in [9.17, 15) is 5.11 Å². The summed E-state index contributed by atoms with van der Waals surface area (Å²) in [6.07, 6.45) is 0. The summed E-state index contributed by atoms with van der Waals surface area (Å²) in [5.41, 5.74) is 4.49. The van der Waals surface area contributed by atoms with Gasteiger partial charge in [-0.1, -0.05) is 30.3 Å². The number of anilines is 1. The molecule has 0 saturated carbocycles. The molecular formula is C15H17NO. The fourth-order valence-electron chi connectivity index (χ4n) is 2.01. The number of rotatable bonds is 3. The molecule has 2 aromatic rings. The minimum absolute atomic E-state index is 0.324. The molecule has 0 spiro atoms. The molecule has 0 amide bonds. The summed E-state index contributed by atoms with van der Waals surface area (Å²) in [5, 5.41) is 12.9. The summed E-state index contributed by atoms with van der Waals surface area (Å²) in [4.78, 5) is 0. The van der Waals surface area contributed by atoms with Crippen LogP contribution in [0.3, 0.4) is 0 Å². The number of hydrogen-bond donors (Lipinski definition) is 2. The largest absolute Gasteiger partial charge is 0.508 e. The van der Waals surface area contributed by atoms with Crippen molar-refractivity contribution in [2.24, 2.45) is 0 Å². The molecule has 2 nitrogen and oxygen atoms in total. The highest BCUT2D eigenvalue weighted by Gasteiger charge is 2.04. The first kappa shape index (κ1) is 11.5. The van der Waals surface area contributed by atoms with E-state index in [0.717, 1.165) is 23.4 Å². The number of aromatic hydroxyl groups is 1. The molecule has 0 aliphatic carbocycles. The maximum Gasteiger partial charge on any atom is 0.116 e. The predicted octanol–water partition coefficient (Wildman–Crippen LogP) is 3.62. The van der Waals surface area contributed by atoms with Crippen LogP contribution in [0.4, 0.5) is 5.69 Å². The molecule has 0 bridgehead atoms. The Morgan fingerprint density at radius 3 is 2.18 bits per heavy atom. The third-order valence-electron chi connectivity index (χ3n) is 2.83. The number of benzene rings is 2. The highest BCUT2D eigenvalue weighted by Crippen LogP contribution is 2.25. The summed E-state index contributed by atoms with van der Waals surface area (Å²) >= 11 is 0. The van der Waals surface area contributed by atoms with E-state index in [1.54, 1.807) is 12.1 Å². The fourth-order valence-corrected chi connectivity index (χ4v) is 2.01. The highest BCUT2D eigenvalue weighted by atomic mass is 16.3. The van der Waals surface area contributed by atoms with Crippen molar-refractivity contribution in [3.8, 4) is 5.75 Å². The maximum absolute atomic E-state index is 9.48. The average Bonchev–Trinajstić information content (AvgIpc) is 2.29. The van der Waals surface area contributed by atoms with Gasteiger partial charge in [-0.25, -0.2) is 0 Å². The van der Waals surface area contributed by atoms with E-state index >= 15 is 0 Å². The molecule has 0 unspecified atom stereocenters. The molecule has 0 heterocycles. The molecule has 0 saturated heterocycles. The summed E-state index contributed by atoms with van der Waals surface area (Å²) in [6, 6.07) is 13.8. The molecule has 0 aliphatic rings. The summed E-state index contributed by atoms with van der Waals surface area (Å²) < 4.78 is 0. The van der Waals surface area contributed by atoms with Gasteiger partial charge in [0.25, 0.3) is 0 Å². The monoisotopic (exact) mass is 227 g/mol. The van der Waals surface area contributed by atoms with Gasteiger partial charge in [0.2, 0.25) is 0 Å². The molecule has 0 aromatic heterocycles. The Kier molecular flexibility index (Phi) is 3.33. The lowest BCUT2D eigenvalue weighted by molar-refractivity contribution is 0.474. The Labute approximate surface area is 102 Å².